The van der Waals surface area contributed by atoms with Crippen LogP contribution < -0.4 is 0 Å². The molecule has 0 aromatic heterocycles. The minimum absolute atomic E-state index is 0.506. The van der Waals surface area contributed by atoms with Gasteiger partial charge >= 0.3 is 0 Å². The molecule has 74 valence electrons. The van der Waals surface area contributed by atoms with Crippen molar-refractivity contribution in [3.05, 3.63) is 47.4 Å². The lowest BCUT2D eigenvalue weighted by Crippen LogP contribution is -2.09. The Morgan fingerprint density at radius 2 is 2.40 bits per heavy atom. The molecule has 1 heteroatoms. The van der Waals surface area contributed by atoms with Gasteiger partial charge in [0.05, 0.1) is 18.8 Å². The first-order valence-corrected chi connectivity index (χ1v) is 5.07. The van der Waals surface area contributed by atoms with Crippen LogP contribution >= 0.6 is 0 Å². The Hall–Kier alpha value is -1.70. The zero-order valence-electron chi connectivity index (χ0n) is 8.49. The van der Waals surface area contributed by atoms with E-state index in [1.165, 1.54) is 0 Å². The minimum Gasteiger partial charge on any atom is -0.375 e. The lowest BCUT2D eigenvalue weighted by Gasteiger charge is -2.12. The average Bonchev–Trinajstić information content (AvgIpc) is 2.32. The molecular weight excluding hydrogens is 184 g/mol. The smallest absolute Gasteiger partial charge is 0.0875 e. The second-order valence-electron chi connectivity index (χ2n) is 3.49. The summed E-state index contributed by atoms with van der Waals surface area (Å²) >= 11 is 0. The summed E-state index contributed by atoms with van der Waals surface area (Å²) in [5.41, 5.74) is 6.65. The second-order valence-corrected chi connectivity index (χ2v) is 3.49. The highest BCUT2D eigenvalue weighted by Crippen LogP contribution is 2.11. The molecule has 0 fully saturated rings. The predicted octanol–water partition coefficient (Wildman–Crippen LogP) is 2.39. The third kappa shape index (κ3) is 3.17. The standard InChI is InChI=1S/C14H12O/c1-3-7-13(8-4-1)11-15-12-14-9-5-2-6-10-14/h1-4,7,13H,8,11-12H2. The van der Waals surface area contributed by atoms with Gasteiger partial charge in [-0.3, -0.25) is 0 Å². The molecule has 0 saturated carbocycles. The fourth-order valence-electron chi connectivity index (χ4n) is 1.45. The first-order valence-electron chi connectivity index (χ1n) is 5.07. The fourth-order valence-corrected chi connectivity index (χ4v) is 1.45. The number of allylic oxidation sites excluding steroid dienone is 4. The van der Waals surface area contributed by atoms with Crippen LogP contribution in [0.2, 0.25) is 0 Å². The van der Waals surface area contributed by atoms with Gasteiger partial charge in [-0.25, -0.2) is 0 Å². The Morgan fingerprint density at radius 3 is 3.13 bits per heavy atom. The molecular formula is C14H12O. The van der Waals surface area contributed by atoms with Gasteiger partial charge in [0.25, 0.3) is 0 Å². The van der Waals surface area contributed by atoms with Crippen LogP contribution in [0.4, 0.5) is 0 Å². The van der Waals surface area contributed by atoms with Crippen molar-refractivity contribution in [3.8, 4) is 11.8 Å². The summed E-state index contributed by atoms with van der Waals surface area (Å²) in [6, 6.07) is 0. The molecule has 0 aliphatic heterocycles. The SMILES string of the molecule is C1=C=C(COCC2C=CC=CC2)C#CC=1. The van der Waals surface area contributed by atoms with Crippen molar-refractivity contribution in [2.24, 2.45) is 5.92 Å². The highest BCUT2D eigenvalue weighted by molar-refractivity contribution is 5.35. The molecule has 0 bridgehead atoms. The average molecular weight is 196 g/mol. The van der Waals surface area contributed by atoms with Gasteiger partial charge in [-0.2, -0.15) is 0 Å². The fraction of sp³-hybridized carbons (Fsp3) is 0.286. The summed E-state index contributed by atoms with van der Waals surface area (Å²) in [6.45, 7) is 1.29. The summed E-state index contributed by atoms with van der Waals surface area (Å²) < 4.78 is 5.57. The zero-order valence-corrected chi connectivity index (χ0v) is 8.49. The van der Waals surface area contributed by atoms with E-state index in [-0.39, 0.29) is 0 Å². The van der Waals surface area contributed by atoms with E-state index in [2.05, 4.69) is 47.6 Å². The first-order chi connectivity index (χ1) is 7.45. The van der Waals surface area contributed by atoms with Gasteiger partial charge in [-0.05, 0) is 6.42 Å². The maximum Gasteiger partial charge on any atom is 0.0875 e. The van der Waals surface area contributed by atoms with E-state index in [1.54, 1.807) is 6.08 Å². The van der Waals surface area contributed by atoms with Crippen molar-refractivity contribution >= 4 is 0 Å². The monoisotopic (exact) mass is 196 g/mol. The lowest BCUT2D eigenvalue weighted by molar-refractivity contribution is 0.135. The van der Waals surface area contributed by atoms with Gasteiger partial charge in [-0.15, -0.1) is 0 Å². The van der Waals surface area contributed by atoms with Gasteiger partial charge in [0.1, 0.15) is 0 Å². The predicted molar refractivity (Wildman–Crippen MR) is 60.1 cm³/mol. The van der Waals surface area contributed by atoms with E-state index in [9.17, 15) is 0 Å². The maximum absolute atomic E-state index is 5.57. The van der Waals surface area contributed by atoms with Crippen molar-refractivity contribution in [1.82, 2.24) is 0 Å². The molecule has 0 aromatic rings. The normalized spacial score (nSPS) is 21.1. The van der Waals surface area contributed by atoms with Crippen LogP contribution in [0.5, 0.6) is 0 Å². The molecule has 2 aliphatic carbocycles. The molecule has 0 N–H and O–H groups in total. The van der Waals surface area contributed by atoms with Crippen LogP contribution in [0, 0.1) is 17.8 Å². The van der Waals surface area contributed by atoms with Crippen LogP contribution in [0.3, 0.4) is 0 Å². The molecule has 1 nitrogen and oxygen atoms in total. The Labute approximate surface area is 90.1 Å². The Bertz CT molecular complexity index is 441. The number of hydrogen-bond donors (Lipinski definition) is 0. The van der Waals surface area contributed by atoms with E-state index in [0.29, 0.717) is 12.5 Å². The molecule has 0 spiro atoms. The van der Waals surface area contributed by atoms with Crippen molar-refractivity contribution in [3.63, 3.8) is 0 Å². The highest BCUT2D eigenvalue weighted by Gasteiger charge is 2.05. The van der Waals surface area contributed by atoms with Crippen molar-refractivity contribution in [2.75, 3.05) is 13.2 Å². The molecule has 1 atom stereocenters. The van der Waals surface area contributed by atoms with Crippen LogP contribution in [0.25, 0.3) is 0 Å². The third-order valence-electron chi connectivity index (χ3n) is 2.24. The van der Waals surface area contributed by atoms with Crippen molar-refractivity contribution in [1.29, 1.82) is 0 Å². The molecule has 0 aromatic carbocycles. The molecule has 1 unspecified atom stereocenters. The number of rotatable bonds is 4. The topological polar surface area (TPSA) is 9.23 Å². The van der Waals surface area contributed by atoms with E-state index in [4.69, 9.17) is 4.74 Å². The summed E-state index contributed by atoms with van der Waals surface area (Å²) in [7, 11) is 0. The van der Waals surface area contributed by atoms with Crippen LogP contribution in [0.1, 0.15) is 6.42 Å². The molecule has 2 aliphatic rings. The Balaban J connectivity index is 1.74. The Morgan fingerprint density at radius 1 is 1.40 bits per heavy atom. The van der Waals surface area contributed by atoms with Crippen LogP contribution in [0.15, 0.2) is 47.4 Å². The zero-order chi connectivity index (χ0) is 10.3. The summed E-state index contributed by atoms with van der Waals surface area (Å²) in [5.74, 6) is 6.28. The first kappa shape index (κ1) is 9.84. The van der Waals surface area contributed by atoms with Gasteiger partial charge in [0.15, 0.2) is 0 Å². The van der Waals surface area contributed by atoms with E-state index < -0.39 is 0 Å². The molecule has 15 heavy (non-hydrogen) atoms. The van der Waals surface area contributed by atoms with Crippen molar-refractivity contribution < 1.29 is 4.74 Å². The molecule has 0 radical (unpaired) electrons. The summed E-state index contributed by atoms with van der Waals surface area (Å²) in [6.07, 6.45) is 11.2. The third-order valence-corrected chi connectivity index (χ3v) is 2.24. The minimum atomic E-state index is 0.506. The van der Waals surface area contributed by atoms with E-state index >= 15 is 0 Å². The highest BCUT2D eigenvalue weighted by atomic mass is 16.5. The quantitative estimate of drug-likeness (QED) is 0.495. The summed E-state index contributed by atoms with van der Waals surface area (Å²) in [4.78, 5) is 0. The molecule has 0 heterocycles. The van der Waals surface area contributed by atoms with Crippen LogP contribution in [-0.2, 0) is 4.74 Å². The number of hydrogen-bond acceptors (Lipinski definition) is 1. The number of ether oxygens (including phenoxy) is 1. The summed E-state index contributed by atoms with van der Waals surface area (Å²) in [5, 5.41) is 0. The lowest BCUT2D eigenvalue weighted by atomic mass is 10.0. The molecule has 0 amide bonds. The van der Waals surface area contributed by atoms with Gasteiger partial charge < -0.3 is 4.74 Å². The largest absolute Gasteiger partial charge is 0.375 e. The van der Waals surface area contributed by atoms with Gasteiger partial charge in [0, 0.05) is 12.0 Å². The molecule has 2 rings (SSSR count). The van der Waals surface area contributed by atoms with E-state index in [1.807, 2.05) is 0 Å². The molecule has 0 saturated heterocycles. The Kier molecular flexibility index (Phi) is 3.44. The van der Waals surface area contributed by atoms with Crippen LogP contribution in [-0.4, -0.2) is 13.2 Å². The van der Waals surface area contributed by atoms with Gasteiger partial charge in [0.2, 0.25) is 0 Å². The maximum atomic E-state index is 5.57. The van der Waals surface area contributed by atoms with Crippen molar-refractivity contribution in [2.45, 2.75) is 6.42 Å². The van der Waals surface area contributed by atoms with E-state index in [0.717, 1.165) is 18.6 Å². The van der Waals surface area contributed by atoms with Gasteiger partial charge in [-0.1, -0.05) is 47.6 Å². The second kappa shape index (κ2) is 5.25.